The summed E-state index contributed by atoms with van der Waals surface area (Å²) in [5.74, 6) is 3.77. The Balaban J connectivity index is 0.977. The number of hydrogen-bond acceptors (Lipinski definition) is 6. The van der Waals surface area contributed by atoms with E-state index >= 15 is 0 Å². The Morgan fingerprint density at radius 1 is 0.152 bits per heavy atom. The third-order valence-electron chi connectivity index (χ3n) is 11.6. The molecule has 11 rings (SSSR count). The number of benzene rings is 9. The van der Waals surface area contributed by atoms with Crippen molar-refractivity contribution in [1.29, 1.82) is 0 Å². The molecule has 9 aromatic carbocycles. The van der Waals surface area contributed by atoms with Crippen LogP contribution in [-0.2, 0) is 0 Å². The van der Waals surface area contributed by atoms with Crippen LogP contribution in [0.1, 0.15) is 0 Å². The van der Waals surface area contributed by atoms with Gasteiger partial charge in [0.25, 0.3) is 0 Å². The average Bonchev–Trinajstić information content (AvgIpc) is 3.42. The van der Waals surface area contributed by atoms with Crippen molar-refractivity contribution in [3.05, 3.63) is 243 Å². The van der Waals surface area contributed by atoms with Crippen molar-refractivity contribution in [1.82, 2.24) is 29.9 Å². The second kappa shape index (κ2) is 18.0. The van der Waals surface area contributed by atoms with Gasteiger partial charge in [-0.1, -0.05) is 224 Å². The standard InChI is InChI=1S/C60H40N6/c1-6-18-41(19-7-1)50-36-37-53(54(40-50)42-32-34-47(35-33-42)59-63-55(43-20-8-2-9-21-43)61-56(64-59)44-22-10-3-11-23-44)51-30-16-28-48(38-51)49-29-17-31-52(39-49)60-65-57(45-24-12-4-13-25-45)62-58(66-60)46-26-14-5-15-27-46/h1-40H. The summed E-state index contributed by atoms with van der Waals surface area (Å²) in [6.07, 6.45) is 0. The first kappa shape index (κ1) is 39.8. The lowest BCUT2D eigenvalue weighted by Gasteiger charge is -2.15. The maximum atomic E-state index is 5.01. The van der Waals surface area contributed by atoms with E-state index in [1.165, 1.54) is 0 Å². The maximum absolute atomic E-state index is 5.01. The van der Waals surface area contributed by atoms with E-state index in [1.807, 2.05) is 121 Å². The average molecular weight is 845 g/mol. The molecule has 0 fully saturated rings. The van der Waals surface area contributed by atoms with E-state index in [-0.39, 0.29) is 0 Å². The van der Waals surface area contributed by atoms with Crippen molar-refractivity contribution < 1.29 is 0 Å². The van der Waals surface area contributed by atoms with Crippen molar-refractivity contribution in [2.45, 2.75) is 0 Å². The summed E-state index contributed by atoms with van der Waals surface area (Å²) in [6.45, 7) is 0. The van der Waals surface area contributed by atoms with Crippen molar-refractivity contribution in [3.8, 4) is 113 Å². The van der Waals surface area contributed by atoms with Gasteiger partial charge >= 0.3 is 0 Å². The van der Waals surface area contributed by atoms with E-state index in [1.54, 1.807) is 0 Å². The Morgan fingerprint density at radius 2 is 0.424 bits per heavy atom. The summed E-state index contributed by atoms with van der Waals surface area (Å²) in [7, 11) is 0. The molecule has 0 unspecified atom stereocenters. The number of hydrogen-bond donors (Lipinski definition) is 0. The molecule has 0 radical (unpaired) electrons. The molecule has 6 heteroatoms. The van der Waals surface area contributed by atoms with Crippen molar-refractivity contribution >= 4 is 0 Å². The quantitative estimate of drug-likeness (QED) is 0.136. The Morgan fingerprint density at radius 3 is 0.848 bits per heavy atom. The van der Waals surface area contributed by atoms with Gasteiger partial charge in [0.15, 0.2) is 34.9 Å². The van der Waals surface area contributed by atoms with E-state index in [9.17, 15) is 0 Å². The second-order valence-corrected chi connectivity index (χ2v) is 15.9. The van der Waals surface area contributed by atoms with Crippen molar-refractivity contribution in [2.75, 3.05) is 0 Å². The molecular weight excluding hydrogens is 805 g/mol. The molecule has 2 heterocycles. The summed E-state index contributed by atoms with van der Waals surface area (Å²) in [5, 5.41) is 0. The number of aromatic nitrogens is 6. The first-order chi connectivity index (χ1) is 32.7. The number of rotatable bonds is 10. The fourth-order valence-electron chi connectivity index (χ4n) is 8.22. The lowest BCUT2D eigenvalue weighted by molar-refractivity contribution is 1.07. The van der Waals surface area contributed by atoms with Gasteiger partial charge in [0.05, 0.1) is 0 Å². The van der Waals surface area contributed by atoms with Crippen LogP contribution in [0.3, 0.4) is 0 Å². The summed E-state index contributed by atoms with van der Waals surface area (Å²) < 4.78 is 0. The van der Waals surface area contributed by atoms with Crippen LogP contribution in [0.25, 0.3) is 113 Å². The topological polar surface area (TPSA) is 77.3 Å². The Bertz CT molecular complexity index is 3320. The maximum Gasteiger partial charge on any atom is 0.164 e. The van der Waals surface area contributed by atoms with E-state index in [0.717, 1.165) is 77.9 Å². The van der Waals surface area contributed by atoms with E-state index in [0.29, 0.717) is 34.9 Å². The molecule has 0 atom stereocenters. The van der Waals surface area contributed by atoms with E-state index in [4.69, 9.17) is 29.9 Å². The fraction of sp³-hybridized carbons (Fsp3) is 0. The normalized spacial score (nSPS) is 11.0. The third-order valence-corrected chi connectivity index (χ3v) is 11.6. The van der Waals surface area contributed by atoms with Crippen LogP contribution in [0.2, 0.25) is 0 Å². The first-order valence-corrected chi connectivity index (χ1v) is 21.9. The molecule has 0 saturated carbocycles. The minimum absolute atomic E-state index is 0.618. The molecule has 0 aliphatic rings. The molecule has 66 heavy (non-hydrogen) atoms. The van der Waals surface area contributed by atoms with Crippen molar-refractivity contribution in [2.24, 2.45) is 0 Å². The SMILES string of the molecule is c1ccc(-c2ccc(-c3cccc(-c4cccc(-c5nc(-c6ccccc6)nc(-c6ccccc6)n5)c4)c3)c(-c3ccc(-c4nc(-c5ccccc5)nc(-c5ccccc5)n4)cc3)c2)cc1. The van der Waals surface area contributed by atoms with Gasteiger partial charge in [-0.2, -0.15) is 0 Å². The molecule has 0 amide bonds. The highest BCUT2D eigenvalue weighted by Gasteiger charge is 2.17. The van der Waals surface area contributed by atoms with Crippen LogP contribution in [0.4, 0.5) is 0 Å². The first-order valence-electron chi connectivity index (χ1n) is 21.9. The highest BCUT2D eigenvalue weighted by molar-refractivity contribution is 5.89. The van der Waals surface area contributed by atoms with Gasteiger partial charge in [0.2, 0.25) is 0 Å². The Hall–Kier alpha value is -9.00. The Kier molecular flexibility index (Phi) is 10.9. The van der Waals surface area contributed by atoms with Crippen LogP contribution >= 0.6 is 0 Å². The van der Waals surface area contributed by atoms with E-state index < -0.39 is 0 Å². The van der Waals surface area contributed by atoms with Crippen LogP contribution < -0.4 is 0 Å². The molecule has 0 saturated heterocycles. The molecule has 6 nitrogen and oxygen atoms in total. The smallest absolute Gasteiger partial charge is 0.164 e. The molecule has 0 N–H and O–H groups in total. The highest BCUT2D eigenvalue weighted by Crippen LogP contribution is 2.39. The van der Waals surface area contributed by atoms with Crippen LogP contribution in [0.5, 0.6) is 0 Å². The van der Waals surface area contributed by atoms with Gasteiger partial charge in [-0.05, 0) is 62.7 Å². The van der Waals surface area contributed by atoms with Gasteiger partial charge in [-0.3, -0.25) is 0 Å². The summed E-state index contributed by atoms with van der Waals surface area (Å²) in [4.78, 5) is 29.8. The zero-order chi connectivity index (χ0) is 44.1. The predicted molar refractivity (Wildman–Crippen MR) is 268 cm³/mol. The minimum Gasteiger partial charge on any atom is -0.208 e. The monoisotopic (exact) mass is 844 g/mol. The van der Waals surface area contributed by atoms with Gasteiger partial charge < -0.3 is 0 Å². The summed E-state index contributed by atoms with van der Waals surface area (Å²) in [6, 6.07) is 83.4. The summed E-state index contributed by atoms with van der Waals surface area (Å²) >= 11 is 0. The molecule has 2 aromatic heterocycles. The van der Waals surface area contributed by atoms with Gasteiger partial charge in [0, 0.05) is 33.4 Å². The lowest BCUT2D eigenvalue weighted by atomic mass is 9.89. The predicted octanol–water partition coefficient (Wildman–Crippen LogP) is 14.7. The van der Waals surface area contributed by atoms with Gasteiger partial charge in [-0.25, -0.2) is 29.9 Å². The lowest BCUT2D eigenvalue weighted by Crippen LogP contribution is -2.00. The minimum atomic E-state index is 0.618. The van der Waals surface area contributed by atoms with Gasteiger partial charge in [-0.15, -0.1) is 0 Å². The second-order valence-electron chi connectivity index (χ2n) is 15.9. The van der Waals surface area contributed by atoms with Crippen LogP contribution in [-0.4, -0.2) is 29.9 Å². The van der Waals surface area contributed by atoms with Gasteiger partial charge in [0.1, 0.15) is 0 Å². The highest BCUT2D eigenvalue weighted by atomic mass is 15.0. The fourth-order valence-corrected chi connectivity index (χ4v) is 8.22. The summed E-state index contributed by atoms with van der Waals surface area (Å²) in [5.41, 5.74) is 14.4. The molecule has 11 aromatic rings. The zero-order valence-electron chi connectivity index (χ0n) is 35.8. The van der Waals surface area contributed by atoms with Crippen molar-refractivity contribution in [3.63, 3.8) is 0 Å². The number of nitrogens with zero attached hydrogens (tertiary/aromatic N) is 6. The molecule has 0 bridgehead atoms. The van der Waals surface area contributed by atoms with Crippen LogP contribution in [0.15, 0.2) is 243 Å². The molecule has 0 aliphatic heterocycles. The molecule has 0 aliphatic carbocycles. The van der Waals surface area contributed by atoms with Crippen LogP contribution in [0, 0.1) is 0 Å². The third kappa shape index (κ3) is 8.42. The molecular formula is C60H40N6. The van der Waals surface area contributed by atoms with E-state index in [2.05, 4.69) is 121 Å². The zero-order valence-corrected chi connectivity index (χ0v) is 35.8. The molecule has 310 valence electrons. The molecule has 0 spiro atoms. The largest absolute Gasteiger partial charge is 0.208 e. The Labute approximate surface area is 383 Å².